The van der Waals surface area contributed by atoms with E-state index in [9.17, 15) is 4.79 Å². The largest absolute Gasteiger partial charge is 0.481 e. The van der Waals surface area contributed by atoms with Gasteiger partial charge in [-0.2, -0.15) is 0 Å². The van der Waals surface area contributed by atoms with Crippen LogP contribution in [0.5, 0.6) is 5.75 Å². The molecule has 1 aromatic carbocycles. The molecule has 0 aliphatic carbocycles. The number of amides is 1. The third-order valence-electron chi connectivity index (χ3n) is 3.24. The van der Waals surface area contributed by atoms with Crippen molar-refractivity contribution in [3.63, 3.8) is 0 Å². The lowest BCUT2D eigenvalue weighted by molar-refractivity contribution is -0.128. The van der Waals surface area contributed by atoms with E-state index in [1.54, 1.807) is 7.11 Å². The van der Waals surface area contributed by atoms with Crippen LogP contribution in [0.25, 0.3) is 0 Å². The fraction of sp³-hybridized carbons (Fsp3) is 0.562. The first-order chi connectivity index (χ1) is 9.58. The van der Waals surface area contributed by atoms with Crippen molar-refractivity contribution in [3.8, 4) is 5.75 Å². The molecule has 4 heteroatoms. The Bertz CT molecular complexity index is 432. The molecular formula is C16H25NO3. The smallest absolute Gasteiger partial charge is 0.261 e. The highest BCUT2D eigenvalue weighted by atomic mass is 16.5. The fourth-order valence-corrected chi connectivity index (χ4v) is 1.82. The number of methoxy groups -OCH3 is 1. The Labute approximate surface area is 121 Å². The van der Waals surface area contributed by atoms with E-state index in [2.05, 4.69) is 12.2 Å². The molecule has 0 fully saturated rings. The Balaban J connectivity index is 2.52. The molecule has 0 aliphatic rings. The summed E-state index contributed by atoms with van der Waals surface area (Å²) in [5.41, 5.74) is 2.38. The van der Waals surface area contributed by atoms with Gasteiger partial charge in [0, 0.05) is 20.3 Å². The van der Waals surface area contributed by atoms with E-state index in [-0.39, 0.29) is 5.91 Å². The number of hydrogen-bond acceptors (Lipinski definition) is 3. The summed E-state index contributed by atoms with van der Waals surface area (Å²) in [6.45, 7) is 7.29. The van der Waals surface area contributed by atoms with Gasteiger partial charge in [-0.25, -0.2) is 0 Å². The first kappa shape index (κ1) is 16.5. The van der Waals surface area contributed by atoms with Gasteiger partial charge in [0.1, 0.15) is 5.75 Å². The molecule has 1 amide bonds. The van der Waals surface area contributed by atoms with E-state index in [1.165, 1.54) is 5.56 Å². The second kappa shape index (κ2) is 8.59. The second-order valence-corrected chi connectivity index (χ2v) is 4.90. The molecular weight excluding hydrogens is 254 g/mol. The van der Waals surface area contributed by atoms with Gasteiger partial charge >= 0.3 is 0 Å². The molecule has 0 saturated carbocycles. The Morgan fingerprint density at radius 3 is 2.65 bits per heavy atom. The van der Waals surface area contributed by atoms with Crippen molar-refractivity contribution in [2.45, 2.75) is 39.7 Å². The first-order valence-electron chi connectivity index (χ1n) is 7.09. The normalized spacial score (nSPS) is 12.0. The standard InChI is InChI=1S/C16H25NO3/c1-5-15(16(18)17-9-6-10-19-4)20-14-8-7-12(2)13(3)11-14/h7-8,11,15H,5-6,9-10H2,1-4H3,(H,17,18). The van der Waals surface area contributed by atoms with Crippen LogP contribution in [0.3, 0.4) is 0 Å². The van der Waals surface area contributed by atoms with Gasteiger partial charge in [-0.15, -0.1) is 0 Å². The van der Waals surface area contributed by atoms with E-state index in [1.807, 2.05) is 32.0 Å². The van der Waals surface area contributed by atoms with Gasteiger partial charge in [-0.05, 0) is 49.9 Å². The highest BCUT2D eigenvalue weighted by Crippen LogP contribution is 2.18. The number of nitrogens with one attached hydrogen (secondary N) is 1. The minimum atomic E-state index is -0.445. The second-order valence-electron chi connectivity index (χ2n) is 4.90. The fourth-order valence-electron chi connectivity index (χ4n) is 1.82. The maximum atomic E-state index is 12.0. The summed E-state index contributed by atoms with van der Waals surface area (Å²) in [5.74, 6) is 0.675. The summed E-state index contributed by atoms with van der Waals surface area (Å²) in [7, 11) is 1.65. The van der Waals surface area contributed by atoms with Crippen molar-refractivity contribution in [1.82, 2.24) is 5.32 Å². The van der Waals surface area contributed by atoms with Gasteiger partial charge in [0.05, 0.1) is 0 Å². The summed E-state index contributed by atoms with van der Waals surface area (Å²) in [5, 5.41) is 2.87. The first-order valence-corrected chi connectivity index (χ1v) is 7.09. The topological polar surface area (TPSA) is 47.6 Å². The summed E-state index contributed by atoms with van der Waals surface area (Å²) in [6.07, 6.45) is 1.00. The number of aryl methyl sites for hydroxylation is 2. The zero-order chi connectivity index (χ0) is 15.0. The zero-order valence-corrected chi connectivity index (χ0v) is 12.9. The van der Waals surface area contributed by atoms with Crippen LogP contribution < -0.4 is 10.1 Å². The molecule has 0 aliphatic heterocycles. The van der Waals surface area contributed by atoms with Crippen molar-refractivity contribution in [3.05, 3.63) is 29.3 Å². The number of hydrogen-bond donors (Lipinski definition) is 1. The van der Waals surface area contributed by atoms with Crippen molar-refractivity contribution < 1.29 is 14.3 Å². The van der Waals surface area contributed by atoms with Crippen molar-refractivity contribution >= 4 is 5.91 Å². The van der Waals surface area contributed by atoms with E-state index < -0.39 is 6.10 Å². The Kier molecular flexibility index (Phi) is 7.09. The Morgan fingerprint density at radius 2 is 2.05 bits per heavy atom. The van der Waals surface area contributed by atoms with E-state index in [0.717, 1.165) is 17.7 Å². The molecule has 4 nitrogen and oxygen atoms in total. The van der Waals surface area contributed by atoms with Crippen LogP contribution in [0.4, 0.5) is 0 Å². The Hall–Kier alpha value is -1.55. The van der Waals surface area contributed by atoms with Gasteiger partial charge in [-0.3, -0.25) is 4.79 Å². The molecule has 0 spiro atoms. The predicted octanol–water partition coefficient (Wildman–Crippen LogP) is 2.61. The van der Waals surface area contributed by atoms with Crippen LogP contribution in [0.15, 0.2) is 18.2 Å². The third kappa shape index (κ3) is 5.21. The highest BCUT2D eigenvalue weighted by molar-refractivity contribution is 5.81. The quantitative estimate of drug-likeness (QED) is 0.744. The molecule has 1 unspecified atom stereocenters. The van der Waals surface area contributed by atoms with Crippen molar-refractivity contribution in [2.75, 3.05) is 20.3 Å². The number of benzene rings is 1. The number of carbonyl (C=O) groups is 1. The highest BCUT2D eigenvalue weighted by Gasteiger charge is 2.17. The molecule has 20 heavy (non-hydrogen) atoms. The average molecular weight is 279 g/mol. The van der Waals surface area contributed by atoms with Crippen LogP contribution in [0, 0.1) is 13.8 Å². The van der Waals surface area contributed by atoms with Gasteiger partial charge < -0.3 is 14.8 Å². The number of rotatable bonds is 8. The summed E-state index contributed by atoms with van der Waals surface area (Å²) >= 11 is 0. The monoisotopic (exact) mass is 279 g/mol. The minimum Gasteiger partial charge on any atom is -0.481 e. The van der Waals surface area contributed by atoms with Crippen LogP contribution >= 0.6 is 0 Å². The average Bonchev–Trinajstić information content (AvgIpc) is 2.44. The lowest BCUT2D eigenvalue weighted by atomic mass is 10.1. The number of carbonyl (C=O) groups excluding carboxylic acids is 1. The van der Waals surface area contributed by atoms with Gasteiger partial charge in [0.2, 0.25) is 0 Å². The van der Waals surface area contributed by atoms with E-state index >= 15 is 0 Å². The molecule has 0 radical (unpaired) electrons. The molecule has 0 aromatic heterocycles. The maximum Gasteiger partial charge on any atom is 0.261 e. The molecule has 1 atom stereocenters. The summed E-state index contributed by atoms with van der Waals surface area (Å²) in [6, 6.07) is 5.88. The van der Waals surface area contributed by atoms with E-state index in [4.69, 9.17) is 9.47 Å². The SMILES string of the molecule is CCC(Oc1ccc(C)c(C)c1)C(=O)NCCCOC. The van der Waals surface area contributed by atoms with Crippen molar-refractivity contribution in [1.29, 1.82) is 0 Å². The molecule has 1 rings (SSSR count). The predicted molar refractivity (Wildman–Crippen MR) is 80.1 cm³/mol. The van der Waals surface area contributed by atoms with Gasteiger partial charge in [-0.1, -0.05) is 13.0 Å². The van der Waals surface area contributed by atoms with Crippen LogP contribution in [0.2, 0.25) is 0 Å². The minimum absolute atomic E-state index is 0.0677. The van der Waals surface area contributed by atoms with E-state index in [0.29, 0.717) is 19.6 Å². The summed E-state index contributed by atoms with van der Waals surface area (Å²) in [4.78, 5) is 12.0. The lowest BCUT2D eigenvalue weighted by Crippen LogP contribution is -2.38. The van der Waals surface area contributed by atoms with Crippen LogP contribution in [-0.4, -0.2) is 32.3 Å². The van der Waals surface area contributed by atoms with Gasteiger partial charge in [0.15, 0.2) is 6.10 Å². The molecule has 0 saturated heterocycles. The van der Waals surface area contributed by atoms with Crippen LogP contribution in [0.1, 0.15) is 30.9 Å². The maximum absolute atomic E-state index is 12.0. The van der Waals surface area contributed by atoms with Crippen LogP contribution in [-0.2, 0) is 9.53 Å². The van der Waals surface area contributed by atoms with Crippen molar-refractivity contribution in [2.24, 2.45) is 0 Å². The number of ether oxygens (including phenoxy) is 2. The lowest BCUT2D eigenvalue weighted by Gasteiger charge is -2.18. The molecule has 1 aromatic rings. The Morgan fingerprint density at radius 1 is 1.30 bits per heavy atom. The molecule has 0 heterocycles. The van der Waals surface area contributed by atoms with Gasteiger partial charge in [0.25, 0.3) is 5.91 Å². The molecule has 1 N–H and O–H groups in total. The molecule has 0 bridgehead atoms. The third-order valence-corrected chi connectivity index (χ3v) is 3.24. The summed E-state index contributed by atoms with van der Waals surface area (Å²) < 4.78 is 10.7. The molecule has 112 valence electrons. The zero-order valence-electron chi connectivity index (χ0n) is 12.9.